The Morgan fingerprint density at radius 3 is 2.95 bits per heavy atom. The van der Waals surface area contributed by atoms with Crippen LogP contribution < -0.4 is 0 Å². The second-order valence-corrected chi connectivity index (χ2v) is 6.76. The number of carboxylic acids is 1. The van der Waals surface area contributed by atoms with E-state index in [1.165, 1.54) is 24.0 Å². The van der Waals surface area contributed by atoms with E-state index >= 15 is 0 Å². The van der Waals surface area contributed by atoms with Gasteiger partial charge in [0, 0.05) is 18.8 Å². The summed E-state index contributed by atoms with van der Waals surface area (Å²) >= 11 is 0. The zero-order chi connectivity index (χ0) is 15.0. The molecule has 0 amide bonds. The molecule has 4 nitrogen and oxygen atoms in total. The molecule has 2 heterocycles. The van der Waals surface area contributed by atoms with Crippen LogP contribution in [0.25, 0.3) is 0 Å². The molecule has 1 fully saturated rings. The Kier molecular flexibility index (Phi) is 3.98. The van der Waals surface area contributed by atoms with E-state index in [4.69, 9.17) is 0 Å². The number of hydrogen-bond donors (Lipinski definition) is 1. The van der Waals surface area contributed by atoms with Crippen LogP contribution in [-0.4, -0.2) is 34.0 Å². The second kappa shape index (κ2) is 5.76. The molecule has 4 heteroatoms. The summed E-state index contributed by atoms with van der Waals surface area (Å²) in [6, 6.07) is 1.80. The smallest absolute Gasteiger partial charge is 0.354 e. The summed E-state index contributed by atoms with van der Waals surface area (Å²) < 4.78 is 0. The van der Waals surface area contributed by atoms with Gasteiger partial charge in [0.05, 0.1) is 0 Å². The number of aromatic nitrogens is 1. The van der Waals surface area contributed by atoms with Crippen LogP contribution in [0.5, 0.6) is 0 Å². The fourth-order valence-corrected chi connectivity index (χ4v) is 3.76. The minimum absolute atomic E-state index is 0.211. The summed E-state index contributed by atoms with van der Waals surface area (Å²) in [4.78, 5) is 18.2. The average Bonchev–Trinajstić information content (AvgIpc) is 2.81. The normalized spacial score (nSPS) is 25.8. The molecule has 0 radical (unpaired) electrons. The molecule has 3 rings (SSSR count). The number of nitrogens with zero attached hydrogens (tertiary/aromatic N) is 2. The van der Waals surface area contributed by atoms with Crippen molar-refractivity contribution in [3.8, 4) is 0 Å². The molecular weight excluding hydrogens is 264 g/mol. The molecule has 21 heavy (non-hydrogen) atoms. The Labute approximate surface area is 126 Å². The van der Waals surface area contributed by atoms with Crippen molar-refractivity contribution < 1.29 is 9.90 Å². The van der Waals surface area contributed by atoms with Gasteiger partial charge in [-0.25, -0.2) is 9.78 Å². The van der Waals surface area contributed by atoms with E-state index in [0.717, 1.165) is 44.1 Å². The van der Waals surface area contributed by atoms with Gasteiger partial charge in [-0.15, -0.1) is 0 Å². The van der Waals surface area contributed by atoms with Crippen LogP contribution in [0.1, 0.15) is 66.3 Å². The third-order valence-electron chi connectivity index (χ3n) is 4.90. The highest BCUT2D eigenvalue weighted by molar-refractivity contribution is 5.85. The van der Waals surface area contributed by atoms with Gasteiger partial charge in [0.15, 0.2) is 0 Å². The van der Waals surface area contributed by atoms with Crippen molar-refractivity contribution in [2.45, 2.75) is 52.0 Å². The van der Waals surface area contributed by atoms with Crippen molar-refractivity contribution in [1.82, 2.24) is 9.88 Å². The predicted octanol–water partition coefficient (Wildman–Crippen LogP) is 3.06. The summed E-state index contributed by atoms with van der Waals surface area (Å²) in [6.45, 7) is 7.57. The lowest BCUT2D eigenvalue weighted by Crippen LogP contribution is -2.34. The van der Waals surface area contributed by atoms with Crippen molar-refractivity contribution in [2.75, 3.05) is 13.1 Å². The molecule has 1 aromatic rings. The van der Waals surface area contributed by atoms with Crippen LogP contribution in [0.3, 0.4) is 0 Å². The standard InChI is InChI=1S/C17H24N2O2/c1-11-4-3-7-19(9-11)10-13-8-15(17(20)21)18-16-12(2)5-6-14(13)16/h8,11-12H,3-7,9-10H2,1-2H3,(H,20,21)/t11-,12?/m0/s1. The van der Waals surface area contributed by atoms with E-state index in [1.807, 2.05) is 0 Å². The van der Waals surface area contributed by atoms with Crippen molar-refractivity contribution >= 4 is 5.97 Å². The highest BCUT2D eigenvalue weighted by atomic mass is 16.4. The van der Waals surface area contributed by atoms with Gasteiger partial charge in [-0.05, 0) is 61.3 Å². The van der Waals surface area contributed by atoms with Gasteiger partial charge >= 0.3 is 5.97 Å². The minimum Gasteiger partial charge on any atom is -0.477 e. The van der Waals surface area contributed by atoms with Gasteiger partial charge in [0.2, 0.25) is 0 Å². The molecule has 0 spiro atoms. The molecule has 2 aliphatic rings. The summed E-state index contributed by atoms with van der Waals surface area (Å²) in [5, 5.41) is 9.30. The predicted molar refractivity (Wildman–Crippen MR) is 81.6 cm³/mol. The van der Waals surface area contributed by atoms with Gasteiger partial charge < -0.3 is 5.11 Å². The van der Waals surface area contributed by atoms with E-state index in [1.54, 1.807) is 6.07 Å². The number of fused-ring (bicyclic) bond motifs is 1. The Bertz CT molecular complexity index is 556. The lowest BCUT2D eigenvalue weighted by molar-refractivity contribution is 0.0689. The molecular formula is C17H24N2O2. The quantitative estimate of drug-likeness (QED) is 0.928. The number of likely N-dealkylation sites (tertiary alicyclic amines) is 1. The summed E-state index contributed by atoms with van der Waals surface area (Å²) in [5.74, 6) is 0.218. The van der Waals surface area contributed by atoms with Gasteiger partial charge in [0.1, 0.15) is 5.69 Å². The number of aromatic carboxylic acids is 1. The fraction of sp³-hybridized carbons (Fsp3) is 0.647. The van der Waals surface area contributed by atoms with E-state index in [2.05, 4.69) is 23.7 Å². The summed E-state index contributed by atoms with van der Waals surface area (Å²) in [6.07, 6.45) is 4.69. The molecule has 1 aliphatic carbocycles. The summed E-state index contributed by atoms with van der Waals surface area (Å²) in [7, 11) is 0. The van der Waals surface area contributed by atoms with Crippen LogP contribution in [0, 0.1) is 5.92 Å². The first kappa shape index (κ1) is 14.5. The van der Waals surface area contributed by atoms with Crippen LogP contribution >= 0.6 is 0 Å². The van der Waals surface area contributed by atoms with Gasteiger partial charge in [-0.2, -0.15) is 0 Å². The molecule has 1 aliphatic heterocycles. The lowest BCUT2D eigenvalue weighted by atomic mass is 9.98. The van der Waals surface area contributed by atoms with Gasteiger partial charge in [-0.3, -0.25) is 4.90 Å². The maximum absolute atomic E-state index is 11.3. The molecule has 0 saturated carbocycles. The monoisotopic (exact) mass is 288 g/mol. The first-order chi connectivity index (χ1) is 10.0. The van der Waals surface area contributed by atoms with E-state index < -0.39 is 5.97 Å². The first-order valence-corrected chi connectivity index (χ1v) is 8.03. The molecule has 1 aromatic heterocycles. The Morgan fingerprint density at radius 1 is 1.43 bits per heavy atom. The van der Waals surface area contributed by atoms with Crippen molar-refractivity contribution in [3.05, 3.63) is 28.6 Å². The zero-order valence-corrected chi connectivity index (χ0v) is 12.9. The third-order valence-corrected chi connectivity index (χ3v) is 4.90. The van der Waals surface area contributed by atoms with Crippen LogP contribution in [-0.2, 0) is 13.0 Å². The van der Waals surface area contributed by atoms with E-state index in [9.17, 15) is 9.90 Å². The average molecular weight is 288 g/mol. The maximum atomic E-state index is 11.3. The number of hydrogen-bond acceptors (Lipinski definition) is 3. The third kappa shape index (κ3) is 2.95. The van der Waals surface area contributed by atoms with Crippen molar-refractivity contribution in [2.24, 2.45) is 5.92 Å². The highest BCUT2D eigenvalue weighted by Gasteiger charge is 2.26. The molecule has 1 saturated heterocycles. The summed E-state index contributed by atoms with van der Waals surface area (Å²) in [5.41, 5.74) is 3.74. The number of pyridine rings is 1. The van der Waals surface area contributed by atoms with Gasteiger partial charge in [-0.1, -0.05) is 13.8 Å². The molecule has 1 unspecified atom stereocenters. The first-order valence-electron chi connectivity index (χ1n) is 8.03. The van der Waals surface area contributed by atoms with Crippen molar-refractivity contribution in [3.63, 3.8) is 0 Å². The second-order valence-electron chi connectivity index (χ2n) is 6.76. The van der Waals surface area contributed by atoms with Crippen LogP contribution in [0.4, 0.5) is 0 Å². The fourth-order valence-electron chi connectivity index (χ4n) is 3.76. The Hall–Kier alpha value is -1.42. The maximum Gasteiger partial charge on any atom is 0.354 e. The molecule has 114 valence electrons. The largest absolute Gasteiger partial charge is 0.477 e. The highest BCUT2D eigenvalue weighted by Crippen LogP contribution is 2.34. The number of carboxylic acid groups (broad SMARTS) is 1. The minimum atomic E-state index is -0.912. The Morgan fingerprint density at radius 2 is 2.24 bits per heavy atom. The topological polar surface area (TPSA) is 53.4 Å². The Balaban J connectivity index is 1.90. The lowest BCUT2D eigenvalue weighted by Gasteiger charge is -2.31. The molecule has 1 N–H and O–H groups in total. The van der Waals surface area contributed by atoms with Crippen LogP contribution in [0.2, 0.25) is 0 Å². The molecule has 2 atom stereocenters. The number of carbonyl (C=O) groups is 1. The van der Waals surface area contributed by atoms with E-state index in [0.29, 0.717) is 5.92 Å². The SMILES string of the molecule is CC1CCc2c(CN3CCC[C@H](C)C3)cc(C(=O)O)nc21. The van der Waals surface area contributed by atoms with Crippen LogP contribution in [0.15, 0.2) is 6.07 Å². The number of rotatable bonds is 3. The van der Waals surface area contributed by atoms with Crippen molar-refractivity contribution in [1.29, 1.82) is 0 Å². The molecule has 0 aromatic carbocycles. The number of piperidine rings is 1. The zero-order valence-electron chi connectivity index (χ0n) is 12.9. The molecule has 0 bridgehead atoms. The van der Waals surface area contributed by atoms with Gasteiger partial charge in [0.25, 0.3) is 0 Å². The van der Waals surface area contributed by atoms with E-state index in [-0.39, 0.29) is 5.69 Å².